The summed E-state index contributed by atoms with van der Waals surface area (Å²) in [6.07, 6.45) is 1.37. The first-order valence-corrected chi connectivity index (χ1v) is 12.8. The molecule has 0 unspecified atom stereocenters. The fourth-order valence-corrected chi connectivity index (χ4v) is 5.11. The van der Waals surface area contributed by atoms with Crippen molar-refractivity contribution in [2.24, 2.45) is 5.10 Å². The van der Waals surface area contributed by atoms with E-state index in [1.54, 1.807) is 24.3 Å². The molecule has 4 aromatic rings. The molecule has 0 spiro atoms. The summed E-state index contributed by atoms with van der Waals surface area (Å²) in [4.78, 5) is 12.4. The second kappa shape index (κ2) is 11.2. The number of phenolic OH excluding ortho intramolecular Hbond substituents is 1. The lowest BCUT2D eigenvalue weighted by atomic mass is 10.2. The van der Waals surface area contributed by atoms with Gasteiger partial charge in [-0.05, 0) is 52.3 Å². The summed E-state index contributed by atoms with van der Waals surface area (Å²) in [5.41, 5.74) is 4.63. The van der Waals surface area contributed by atoms with E-state index in [9.17, 15) is 9.90 Å². The number of hydrogen-bond acceptors (Lipinski definition) is 6. The molecule has 0 radical (unpaired) electrons. The fourth-order valence-electron chi connectivity index (χ4n) is 2.98. The molecule has 0 saturated heterocycles. The smallest absolute Gasteiger partial charge is 0.250 e. The molecule has 0 fully saturated rings. The molecule has 0 aliphatic rings. The fraction of sp³-hybridized carbons (Fsp3) is 0.0435. The molecule has 1 amide bonds. The standard InChI is InChI=1S/C23H16Br2ClN5O2S/c24-16-10-15(21(33)19(25)11-16)12-27-28-20(32)13-34-23-30-29-22(14-4-2-1-3-5-14)31(23)18-8-6-17(26)7-9-18/h1-12,33H,13H2,(H,28,32). The first-order chi connectivity index (χ1) is 16.4. The molecule has 3 aromatic carbocycles. The van der Waals surface area contributed by atoms with Gasteiger partial charge in [0.15, 0.2) is 11.0 Å². The van der Waals surface area contributed by atoms with Crippen LogP contribution in [0.25, 0.3) is 17.1 Å². The van der Waals surface area contributed by atoms with Crippen LogP contribution in [0.5, 0.6) is 5.75 Å². The number of amides is 1. The first kappa shape index (κ1) is 24.5. The molecule has 0 saturated carbocycles. The molecule has 0 bridgehead atoms. The van der Waals surface area contributed by atoms with E-state index >= 15 is 0 Å². The Bertz CT molecular complexity index is 1350. The second-order valence-electron chi connectivity index (χ2n) is 6.89. The third-order valence-electron chi connectivity index (χ3n) is 4.53. The van der Waals surface area contributed by atoms with Gasteiger partial charge in [-0.3, -0.25) is 9.36 Å². The number of thioether (sulfide) groups is 1. The summed E-state index contributed by atoms with van der Waals surface area (Å²) in [6, 6.07) is 20.4. The third kappa shape index (κ3) is 5.87. The van der Waals surface area contributed by atoms with Gasteiger partial charge >= 0.3 is 0 Å². The highest BCUT2D eigenvalue weighted by Gasteiger charge is 2.17. The van der Waals surface area contributed by atoms with E-state index in [-0.39, 0.29) is 17.4 Å². The lowest BCUT2D eigenvalue weighted by molar-refractivity contribution is -0.118. The maximum absolute atomic E-state index is 12.4. The van der Waals surface area contributed by atoms with Crippen LogP contribution in [0.4, 0.5) is 0 Å². The molecule has 0 aliphatic carbocycles. The van der Waals surface area contributed by atoms with Gasteiger partial charge < -0.3 is 5.11 Å². The third-order valence-corrected chi connectivity index (χ3v) is 6.78. The summed E-state index contributed by atoms with van der Waals surface area (Å²) in [6.45, 7) is 0. The van der Waals surface area contributed by atoms with Crippen LogP contribution >= 0.6 is 55.2 Å². The average Bonchev–Trinajstić information content (AvgIpc) is 3.26. The van der Waals surface area contributed by atoms with E-state index in [0.29, 0.717) is 26.0 Å². The van der Waals surface area contributed by atoms with Crippen LogP contribution in [0.3, 0.4) is 0 Å². The van der Waals surface area contributed by atoms with Crippen molar-refractivity contribution in [1.29, 1.82) is 0 Å². The normalized spacial score (nSPS) is 11.1. The minimum Gasteiger partial charge on any atom is -0.506 e. The molecule has 0 aliphatic heterocycles. The maximum Gasteiger partial charge on any atom is 0.250 e. The summed E-state index contributed by atoms with van der Waals surface area (Å²) < 4.78 is 3.15. The number of aromatic nitrogens is 3. The zero-order chi connectivity index (χ0) is 24.1. The second-order valence-corrected chi connectivity index (χ2v) is 10.0. The highest BCUT2D eigenvalue weighted by molar-refractivity contribution is 9.11. The van der Waals surface area contributed by atoms with Gasteiger partial charge in [0.2, 0.25) is 0 Å². The number of rotatable bonds is 7. The number of nitrogens with one attached hydrogen (secondary N) is 1. The molecule has 0 atom stereocenters. The highest BCUT2D eigenvalue weighted by atomic mass is 79.9. The number of nitrogens with zero attached hydrogens (tertiary/aromatic N) is 4. The molecule has 1 aromatic heterocycles. The number of hydrogen-bond donors (Lipinski definition) is 2. The molecular weight excluding hydrogens is 606 g/mol. The number of aromatic hydroxyl groups is 1. The summed E-state index contributed by atoms with van der Waals surface area (Å²) >= 11 is 13.9. The number of benzene rings is 3. The van der Waals surface area contributed by atoms with E-state index in [2.05, 4.69) is 52.6 Å². The van der Waals surface area contributed by atoms with Crippen LogP contribution in [0, 0.1) is 0 Å². The van der Waals surface area contributed by atoms with Crippen molar-refractivity contribution in [3.8, 4) is 22.8 Å². The number of carbonyl (C=O) groups is 1. The van der Waals surface area contributed by atoms with Gasteiger partial charge in [0, 0.05) is 26.3 Å². The monoisotopic (exact) mass is 619 g/mol. The van der Waals surface area contributed by atoms with Gasteiger partial charge in [-0.25, -0.2) is 5.43 Å². The van der Waals surface area contributed by atoms with E-state index in [0.717, 1.165) is 15.7 Å². The number of carbonyl (C=O) groups excluding carboxylic acids is 1. The number of halogens is 3. The van der Waals surface area contributed by atoms with E-state index in [1.807, 2.05) is 47.0 Å². The molecule has 11 heteroatoms. The lowest BCUT2D eigenvalue weighted by Crippen LogP contribution is -2.20. The van der Waals surface area contributed by atoms with Crippen molar-refractivity contribution in [2.75, 3.05) is 5.75 Å². The van der Waals surface area contributed by atoms with E-state index in [4.69, 9.17) is 11.6 Å². The van der Waals surface area contributed by atoms with Gasteiger partial charge in [0.1, 0.15) is 5.75 Å². The Morgan fingerprint density at radius 3 is 2.59 bits per heavy atom. The van der Waals surface area contributed by atoms with Crippen molar-refractivity contribution in [3.63, 3.8) is 0 Å². The maximum atomic E-state index is 12.4. The molecular formula is C23H16Br2ClN5O2S. The molecule has 4 rings (SSSR count). The van der Waals surface area contributed by atoms with E-state index < -0.39 is 0 Å². The van der Waals surface area contributed by atoms with Crippen molar-refractivity contribution >= 4 is 67.3 Å². The highest BCUT2D eigenvalue weighted by Crippen LogP contribution is 2.31. The predicted molar refractivity (Wildman–Crippen MR) is 142 cm³/mol. The summed E-state index contributed by atoms with van der Waals surface area (Å²) in [5.74, 6) is 0.410. The van der Waals surface area contributed by atoms with Crippen LogP contribution < -0.4 is 5.43 Å². The Kier molecular flexibility index (Phi) is 8.04. The van der Waals surface area contributed by atoms with Gasteiger partial charge in [-0.15, -0.1) is 10.2 Å². The Morgan fingerprint density at radius 2 is 1.85 bits per heavy atom. The van der Waals surface area contributed by atoms with Crippen LogP contribution in [0.1, 0.15) is 5.56 Å². The summed E-state index contributed by atoms with van der Waals surface area (Å²) in [7, 11) is 0. The minimum atomic E-state index is -0.332. The van der Waals surface area contributed by atoms with Crippen molar-refractivity contribution < 1.29 is 9.90 Å². The predicted octanol–water partition coefficient (Wildman–Crippen LogP) is 6.06. The number of hydrazone groups is 1. The Labute approximate surface area is 221 Å². The number of phenols is 1. The van der Waals surface area contributed by atoms with Gasteiger partial charge in [0.25, 0.3) is 5.91 Å². The zero-order valence-electron chi connectivity index (χ0n) is 17.3. The molecule has 34 heavy (non-hydrogen) atoms. The van der Waals surface area contributed by atoms with E-state index in [1.165, 1.54) is 18.0 Å². The lowest BCUT2D eigenvalue weighted by Gasteiger charge is -2.10. The SMILES string of the molecule is O=C(CSc1nnc(-c2ccccc2)n1-c1ccc(Cl)cc1)NN=Cc1cc(Br)cc(Br)c1O. The Hall–Kier alpha value is -2.66. The molecule has 1 heterocycles. The van der Waals surface area contributed by atoms with Gasteiger partial charge in [-0.2, -0.15) is 5.10 Å². The van der Waals surface area contributed by atoms with Crippen LogP contribution in [0.2, 0.25) is 5.02 Å². The van der Waals surface area contributed by atoms with Crippen molar-refractivity contribution in [1.82, 2.24) is 20.2 Å². The van der Waals surface area contributed by atoms with Crippen LogP contribution in [-0.4, -0.2) is 37.7 Å². The Balaban J connectivity index is 1.50. The molecule has 7 nitrogen and oxygen atoms in total. The van der Waals surface area contributed by atoms with Gasteiger partial charge in [-0.1, -0.05) is 69.6 Å². The average molecular weight is 622 g/mol. The minimum absolute atomic E-state index is 0.0279. The summed E-state index contributed by atoms with van der Waals surface area (Å²) in [5, 5.41) is 23.9. The van der Waals surface area contributed by atoms with Crippen LogP contribution in [-0.2, 0) is 4.79 Å². The van der Waals surface area contributed by atoms with Gasteiger partial charge in [0.05, 0.1) is 16.4 Å². The molecule has 2 N–H and O–H groups in total. The largest absolute Gasteiger partial charge is 0.506 e. The quantitative estimate of drug-likeness (QED) is 0.149. The van der Waals surface area contributed by atoms with Crippen molar-refractivity contribution in [3.05, 3.63) is 86.3 Å². The van der Waals surface area contributed by atoms with Crippen LogP contribution in [0.15, 0.2) is 85.9 Å². The molecule has 172 valence electrons. The van der Waals surface area contributed by atoms with Crippen molar-refractivity contribution in [2.45, 2.75) is 5.16 Å². The zero-order valence-corrected chi connectivity index (χ0v) is 22.1. The first-order valence-electron chi connectivity index (χ1n) is 9.82. The topological polar surface area (TPSA) is 92.4 Å². The Morgan fingerprint density at radius 1 is 1.12 bits per heavy atom.